The molecule has 0 aliphatic carbocycles. The normalized spacial score (nSPS) is 10.8. The molecule has 2 aromatic carbocycles. The van der Waals surface area contributed by atoms with Crippen LogP contribution in [0.25, 0.3) is 10.8 Å². The highest BCUT2D eigenvalue weighted by atomic mass is 35.5. The van der Waals surface area contributed by atoms with Crippen molar-refractivity contribution < 1.29 is 0 Å². The Bertz CT molecular complexity index is 521. The third-order valence-electron chi connectivity index (χ3n) is 2.69. The third-order valence-corrected chi connectivity index (χ3v) is 3.12. The predicted molar refractivity (Wildman–Crippen MR) is 67.2 cm³/mol. The van der Waals surface area contributed by atoms with Crippen LogP contribution in [0.4, 0.5) is 11.4 Å². The van der Waals surface area contributed by atoms with Gasteiger partial charge in [-0.15, -0.1) is 0 Å². The van der Waals surface area contributed by atoms with Gasteiger partial charge in [0.1, 0.15) is 0 Å². The number of halogens is 1. The van der Waals surface area contributed by atoms with E-state index in [1.807, 2.05) is 31.2 Å². The molecule has 0 atom stereocenters. The number of nitrogens with two attached hydrogens (primary N) is 2. The first-order valence-corrected chi connectivity index (χ1v) is 5.28. The molecule has 0 heterocycles. The Balaban J connectivity index is 2.96. The number of nitrogen functional groups attached to an aromatic ring is 2. The molecule has 2 aromatic rings. The zero-order chi connectivity index (χ0) is 11.0. The summed E-state index contributed by atoms with van der Waals surface area (Å²) in [7, 11) is 0. The first-order valence-electron chi connectivity index (χ1n) is 4.90. The van der Waals surface area contributed by atoms with E-state index in [4.69, 9.17) is 23.1 Å². The van der Waals surface area contributed by atoms with Gasteiger partial charge >= 0.3 is 0 Å². The van der Waals surface area contributed by atoms with E-state index in [9.17, 15) is 0 Å². The average Bonchev–Trinajstić information content (AvgIpc) is 2.27. The van der Waals surface area contributed by atoms with Gasteiger partial charge in [-0.3, -0.25) is 0 Å². The van der Waals surface area contributed by atoms with Gasteiger partial charge in [0, 0.05) is 10.8 Å². The molecule has 0 radical (unpaired) electrons. The molecular weight excluding hydrogens is 208 g/mol. The summed E-state index contributed by atoms with van der Waals surface area (Å²) in [5.41, 5.74) is 14.1. The Morgan fingerprint density at radius 3 is 2.27 bits per heavy atom. The third kappa shape index (κ3) is 1.41. The topological polar surface area (TPSA) is 52.0 Å². The minimum atomic E-state index is 0.612. The van der Waals surface area contributed by atoms with E-state index in [1.165, 1.54) is 0 Å². The first kappa shape index (κ1) is 10.1. The first-order chi connectivity index (χ1) is 7.16. The molecule has 2 nitrogen and oxygen atoms in total. The van der Waals surface area contributed by atoms with E-state index in [1.54, 1.807) is 0 Å². The van der Waals surface area contributed by atoms with E-state index in [0.29, 0.717) is 11.4 Å². The molecule has 0 aliphatic rings. The maximum Gasteiger partial charge on any atom is 0.0631 e. The quantitative estimate of drug-likeness (QED) is 0.725. The fourth-order valence-corrected chi connectivity index (χ4v) is 2.24. The lowest BCUT2D eigenvalue weighted by Crippen LogP contribution is -2.01. The van der Waals surface area contributed by atoms with Crippen LogP contribution in [0, 0.1) is 0 Å². The van der Waals surface area contributed by atoms with Gasteiger partial charge in [0.05, 0.1) is 16.4 Å². The van der Waals surface area contributed by atoms with Gasteiger partial charge in [0.15, 0.2) is 0 Å². The molecule has 0 aliphatic heterocycles. The summed E-state index contributed by atoms with van der Waals surface area (Å²) in [6.07, 6.45) is 0.791. The van der Waals surface area contributed by atoms with Crippen LogP contribution in [0.1, 0.15) is 12.5 Å². The molecule has 0 aromatic heterocycles. The fraction of sp³-hybridized carbons (Fsp3) is 0.167. The summed E-state index contributed by atoms with van der Waals surface area (Å²) in [5.74, 6) is 0. The SMILES string of the molecule is CCc1c(N)c(N)c2ccccc2c1Cl. The molecule has 0 bridgehead atoms. The number of hydrogen-bond donors (Lipinski definition) is 2. The minimum Gasteiger partial charge on any atom is -0.397 e. The van der Waals surface area contributed by atoms with Crippen LogP contribution in [0.3, 0.4) is 0 Å². The second kappa shape index (κ2) is 3.63. The number of fused-ring (bicyclic) bond motifs is 1. The van der Waals surface area contributed by atoms with E-state index in [2.05, 4.69) is 0 Å². The smallest absolute Gasteiger partial charge is 0.0631 e. The van der Waals surface area contributed by atoms with E-state index < -0.39 is 0 Å². The van der Waals surface area contributed by atoms with Crippen molar-refractivity contribution in [3.63, 3.8) is 0 Å². The molecule has 4 N–H and O–H groups in total. The Morgan fingerprint density at radius 1 is 1.07 bits per heavy atom. The highest BCUT2D eigenvalue weighted by Crippen LogP contribution is 2.37. The van der Waals surface area contributed by atoms with Crippen LogP contribution in [0.5, 0.6) is 0 Å². The molecule has 0 amide bonds. The summed E-state index contributed by atoms with van der Waals surface area (Å²) in [5, 5.41) is 2.62. The Labute approximate surface area is 93.8 Å². The maximum absolute atomic E-state index is 6.28. The van der Waals surface area contributed by atoms with Gasteiger partial charge in [0.25, 0.3) is 0 Å². The Morgan fingerprint density at radius 2 is 1.67 bits per heavy atom. The van der Waals surface area contributed by atoms with Crippen molar-refractivity contribution in [1.82, 2.24) is 0 Å². The van der Waals surface area contributed by atoms with Gasteiger partial charge in [-0.1, -0.05) is 42.8 Å². The molecule has 0 spiro atoms. The monoisotopic (exact) mass is 220 g/mol. The number of rotatable bonds is 1. The van der Waals surface area contributed by atoms with Crippen molar-refractivity contribution in [3.05, 3.63) is 34.9 Å². The second-order valence-corrected chi connectivity index (χ2v) is 3.90. The zero-order valence-corrected chi connectivity index (χ0v) is 9.31. The van der Waals surface area contributed by atoms with Crippen molar-refractivity contribution in [2.75, 3.05) is 11.5 Å². The molecule has 2 rings (SSSR count). The molecular formula is C12H13ClN2. The van der Waals surface area contributed by atoms with Crippen LogP contribution >= 0.6 is 11.6 Å². The van der Waals surface area contributed by atoms with Gasteiger partial charge in [-0.2, -0.15) is 0 Å². The van der Waals surface area contributed by atoms with Crippen molar-refractivity contribution in [1.29, 1.82) is 0 Å². The predicted octanol–water partition coefficient (Wildman–Crippen LogP) is 3.22. The summed E-state index contributed by atoms with van der Waals surface area (Å²) in [6.45, 7) is 2.02. The van der Waals surface area contributed by atoms with Crippen molar-refractivity contribution in [2.24, 2.45) is 0 Å². The lowest BCUT2D eigenvalue weighted by Gasteiger charge is -2.13. The summed E-state index contributed by atoms with van der Waals surface area (Å²) < 4.78 is 0. The molecule has 78 valence electrons. The van der Waals surface area contributed by atoms with Crippen molar-refractivity contribution >= 4 is 33.7 Å². The highest BCUT2D eigenvalue weighted by molar-refractivity contribution is 6.37. The average molecular weight is 221 g/mol. The fourth-order valence-electron chi connectivity index (χ4n) is 1.84. The van der Waals surface area contributed by atoms with Crippen LogP contribution in [0.2, 0.25) is 5.02 Å². The number of hydrogen-bond acceptors (Lipinski definition) is 2. The number of benzene rings is 2. The summed E-state index contributed by atoms with van der Waals surface area (Å²) >= 11 is 6.28. The summed E-state index contributed by atoms with van der Waals surface area (Å²) in [4.78, 5) is 0. The van der Waals surface area contributed by atoms with Gasteiger partial charge in [0.2, 0.25) is 0 Å². The van der Waals surface area contributed by atoms with Gasteiger partial charge in [-0.05, 0) is 12.0 Å². The van der Waals surface area contributed by atoms with Crippen LogP contribution < -0.4 is 11.5 Å². The van der Waals surface area contributed by atoms with Crippen LogP contribution in [0.15, 0.2) is 24.3 Å². The molecule has 0 fully saturated rings. The van der Waals surface area contributed by atoms with Crippen molar-refractivity contribution in [2.45, 2.75) is 13.3 Å². The highest BCUT2D eigenvalue weighted by Gasteiger charge is 2.12. The van der Waals surface area contributed by atoms with Gasteiger partial charge < -0.3 is 11.5 Å². The lowest BCUT2D eigenvalue weighted by molar-refractivity contribution is 1.15. The maximum atomic E-state index is 6.28. The molecule has 0 saturated carbocycles. The van der Waals surface area contributed by atoms with E-state index in [0.717, 1.165) is 27.8 Å². The second-order valence-electron chi connectivity index (χ2n) is 3.52. The Kier molecular flexibility index (Phi) is 2.45. The van der Waals surface area contributed by atoms with Crippen LogP contribution in [-0.2, 0) is 6.42 Å². The van der Waals surface area contributed by atoms with E-state index >= 15 is 0 Å². The lowest BCUT2D eigenvalue weighted by atomic mass is 10.0. The molecule has 15 heavy (non-hydrogen) atoms. The number of anilines is 2. The van der Waals surface area contributed by atoms with Gasteiger partial charge in [-0.25, -0.2) is 0 Å². The summed E-state index contributed by atoms with van der Waals surface area (Å²) in [6, 6.07) is 7.78. The largest absolute Gasteiger partial charge is 0.397 e. The van der Waals surface area contributed by atoms with E-state index in [-0.39, 0.29) is 0 Å². The minimum absolute atomic E-state index is 0.612. The molecule has 0 saturated heterocycles. The van der Waals surface area contributed by atoms with Crippen molar-refractivity contribution in [3.8, 4) is 0 Å². The molecule has 0 unspecified atom stereocenters. The molecule has 3 heteroatoms. The Hall–Kier alpha value is -1.41. The standard InChI is InChI=1S/C12H13ClN2/c1-2-7-10(13)8-5-3-4-6-9(8)12(15)11(7)14/h3-6H,2,14-15H2,1H3. The zero-order valence-electron chi connectivity index (χ0n) is 8.55. The van der Waals surface area contributed by atoms with Crippen LogP contribution in [-0.4, -0.2) is 0 Å².